The van der Waals surface area contributed by atoms with Crippen LogP contribution in [0.4, 0.5) is 5.69 Å². The van der Waals surface area contributed by atoms with Gasteiger partial charge in [0, 0.05) is 29.9 Å². The quantitative estimate of drug-likeness (QED) is 0.570. The number of likely N-dealkylation sites (tertiary alicyclic amines) is 1. The van der Waals surface area contributed by atoms with Crippen LogP contribution in [-0.4, -0.2) is 36.4 Å². The van der Waals surface area contributed by atoms with Crippen LogP contribution in [0.5, 0.6) is 0 Å². The molecule has 2 aliphatic heterocycles. The van der Waals surface area contributed by atoms with E-state index in [9.17, 15) is 9.59 Å². The molecule has 1 unspecified atom stereocenters. The highest BCUT2D eigenvalue weighted by atomic mass is 16.5. The van der Waals surface area contributed by atoms with Gasteiger partial charge in [0.05, 0.1) is 0 Å². The lowest BCUT2D eigenvalue weighted by Crippen LogP contribution is -2.39. The number of anilines is 1. The Hall–Kier alpha value is -3.44. The van der Waals surface area contributed by atoms with Gasteiger partial charge >= 0.3 is 0 Å². The number of nitrogens with zero attached hydrogens (tertiary/aromatic N) is 2. The first-order chi connectivity index (χ1) is 16.2. The van der Waals surface area contributed by atoms with E-state index in [1.54, 1.807) is 4.90 Å². The minimum absolute atomic E-state index is 0.0344. The van der Waals surface area contributed by atoms with Gasteiger partial charge < -0.3 is 9.64 Å². The van der Waals surface area contributed by atoms with Gasteiger partial charge in [0.1, 0.15) is 6.61 Å². The Morgan fingerprint density at radius 1 is 0.879 bits per heavy atom. The lowest BCUT2D eigenvalue weighted by Gasteiger charge is -2.32. The fourth-order valence-electron chi connectivity index (χ4n) is 4.83. The molecule has 2 saturated heterocycles. The maximum Gasteiger partial charge on any atom is 0.255 e. The highest BCUT2D eigenvalue weighted by Crippen LogP contribution is 2.33. The van der Waals surface area contributed by atoms with Crippen molar-refractivity contribution in [1.82, 2.24) is 4.90 Å². The molecule has 0 radical (unpaired) electrons. The van der Waals surface area contributed by atoms with Crippen molar-refractivity contribution in [3.8, 4) is 0 Å². The largest absolute Gasteiger partial charge is 0.344 e. The van der Waals surface area contributed by atoms with Crippen molar-refractivity contribution in [2.75, 3.05) is 24.6 Å². The van der Waals surface area contributed by atoms with Gasteiger partial charge in [-0.2, -0.15) is 0 Å². The maximum atomic E-state index is 13.3. The third-order valence-corrected chi connectivity index (χ3v) is 6.59. The summed E-state index contributed by atoms with van der Waals surface area (Å²) in [4.78, 5) is 29.4. The molecule has 1 atom stereocenters. The molecule has 0 aromatic heterocycles. The lowest BCUT2D eigenvalue weighted by molar-refractivity contribution is -0.117. The number of hydrogen-bond acceptors (Lipinski definition) is 3. The Labute approximate surface area is 194 Å². The third kappa shape index (κ3) is 4.69. The number of amides is 2. The molecule has 2 amide bonds. The van der Waals surface area contributed by atoms with Crippen molar-refractivity contribution in [1.29, 1.82) is 0 Å². The molecule has 0 bridgehead atoms. The summed E-state index contributed by atoms with van der Waals surface area (Å²) >= 11 is 0. The van der Waals surface area contributed by atoms with E-state index >= 15 is 0 Å². The molecule has 2 fully saturated rings. The fraction of sp³-hybridized carbons (Fsp3) is 0.286. The van der Waals surface area contributed by atoms with Gasteiger partial charge in [0.2, 0.25) is 0 Å². The second-order valence-electron chi connectivity index (χ2n) is 8.81. The number of para-hydroxylation sites is 1. The molecular weight excluding hydrogens is 412 g/mol. The number of ether oxygens (including phenoxy) is 1. The second-order valence-corrected chi connectivity index (χ2v) is 8.81. The highest BCUT2D eigenvalue weighted by molar-refractivity contribution is 5.97. The van der Waals surface area contributed by atoms with Crippen LogP contribution in [-0.2, 0) is 16.0 Å². The summed E-state index contributed by atoms with van der Waals surface area (Å²) in [6, 6.07) is 27.6. The van der Waals surface area contributed by atoms with Crippen LogP contribution < -0.4 is 4.90 Å². The first-order valence-corrected chi connectivity index (χ1v) is 11.6. The van der Waals surface area contributed by atoms with Crippen molar-refractivity contribution in [2.45, 2.75) is 25.5 Å². The Morgan fingerprint density at radius 2 is 1.58 bits per heavy atom. The van der Waals surface area contributed by atoms with Gasteiger partial charge in [-0.1, -0.05) is 60.7 Å². The van der Waals surface area contributed by atoms with Crippen LogP contribution in [0.15, 0.2) is 84.9 Å². The zero-order valence-corrected chi connectivity index (χ0v) is 18.6. The van der Waals surface area contributed by atoms with Crippen LogP contribution in [0.25, 0.3) is 0 Å². The zero-order chi connectivity index (χ0) is 22.6. The second kappa shape index (κ2) is 9.59. The molecule has 3 aromatic carbocycles. The predicted octanol–water partition coefficient (Wildman–Crippen LogP) is 4.84. The minimum Gasteiger partial charge on any atom is -0.344 e. The van der Waals surface area contributed by atoms with E-state index < -0.39 is 6.23 Å². The number of rotatable bonds is 5. The van der Waals surface area contributed by atoms with E-state index in [-0.39, 0.29) is 18.4 Å². The molecule has 5 nitrogen and oxygen atoms in total. The van der Waals surface area contributed by atoms with Crippen LogP contribution in [0.3, 0.4) is 0 Å². The van der Waals surface area contributed by atoms with E-state index in [1.807, 2.05) is 65.6 Å². The minimum atomic E-state index is -0.524. The predicted molar refractivity (Wildman–Crippen MR) is 128 cm³/mol. The normalized spacial score (nSPS) is 19.2. The molecule has 3 aromatic rings. The summed E-state index contributed by atoms with van der Waals surface area (Å²) in [5, 5.41) is 0. The number of piperidine rings is 1. The van der Waals surface area contributed by atoms with Crippen LogP contribution in [0.1, 0.15) is 40.6 Å². The summed E-state index contributed by atoms with van der Waals surface area (Å²) in [6.45, 7) is 1.58. The van der Waals surface area contributed by atoms with Gasteiger partial charge in [0.15, 0.2) is 6.23 Å². The average molecular weight is 441 g/mol. The van der Waals surface area contributed by atoms with Gasteiger partial charge in [-0.3, -0.25) is 14.5 Å². The van der Waals surface area contributed by atoms with E-state index in [0.717, 1.165) is 43.6 Å². The molecule has 5 heteroatoms. The zero-order valence-electron chi connectivity index (χ0n) is 18.6. The smallest absolute Gasteiger partial charge is 0.255 e. The summed E-state index contributed by atoms with van der Waals surface area (Å²) in [5.74, 6) is 0.578. The Morgan fingerprint density at radius 3 is 2.30 bits per heavy atom. The van der Waals surface area contributed by atoms with Crippen LogP contribution in [0, 0.1) is 5.92 Å². The number of carbonyl (C=O) groups is 2. The average Bonchev–Trinajstić information content (AvgIpc) is 3.27. The molecule has 0 aliphatic carbocycles. The molecule has 0 spiro atoms. The fourth-order valence-corrected chi connectivity index (χ4v) is 4.83. The molecular formula is C28H28N2O3. The standard InChI is InChI=1S/C28H28N2O3/c31-26-20-33-28(30(26)25-12-5-2-6-13-25)24-11-7-10-23(19-24)27(32)29-16-14-22(15-17-29)18-21-8-3-1-4-9-21/h1-13,19,22,28H,14-18,20H2. The van der Waals surface area contributed by atoms with Crippen molar-refractivity contribution in [3.05, 3.63) is 102 Å². The SMILES string of the molecule is O=C(c1cccc(C2OCC(=O)N2c2ccccc2)c1)N1CCC(Cc2ccccc2)CC1. The summed E-state index contributed by atoms with van der Waals surface area (Å²) in [6.07, 6.45) is 2.58. The third-order valence-electron chi connectivity index (χ3n) is 6.59. The topological polar surface area (TPSA) is 49.9 Å². The number of benzene rings is 3. The number of hydrogen-bond donors (Lipinski definition) is 0. The van der Waals surface area contributed by atoms with Gasteiger partial charge in [-0.25, -0.2) is 0 Å². The first kappa shape index (κ1) is 21.4. The monoisotopic (exact) mass is 440 g/mol. The first-order valence-electron chi connectivity index (χ1n) is 11.6. The van der Waals surface area contributed by atoms with Crippen molar-refractivity contribution in [2.24, 2.45) is 5.92 Å². The van der Waals surface area contributed by atoms with E-state index in [1.165, 1.54) is 5.56 Å². The van der Waals surface area contributed by atoms with Crippen molar-refractivity contribution < 1.29 is 14.3 Å². The van der Waals surface area contributed by atoms with Gasteiger partial charge in [0.25, 0.3) is 11.8 Å². The summed E-state index contributed by atoms with van der Waals surface area (Å²) in [7, 11) is 0. The molecule has 168 valence electrons. The molecule has 2 aliphatic rings. The summed E-state index contributed by atoms with van der Waals surface area (Å²) in [5.41, 5.74) is 3.62. The Kier molecular flexibility index (Phi) is 6.22. The van der Waals surface area contributed by atoms with Gasteiger partial charge in [-0.05, 0) is 55.0 Å². The molecule has 2 heterocycles. The van der Waals surface area contributed by atoms with E-state index in [4.69, 9.17) is 4.74 Å². The molecule has 0 N–H and O–H groups in total. The van der Waals surface area contributed by atoms with Crippen molar-refractivity contribution in [3.63, 3.8) is 0 Å². The molecule has 0 saturated carbocycles. The Bertz CT molecular complexity index is 1110. The van der Waals surface area contributed by atoms with E-state index in [2.05, 4.69) is 24.3 Å². The highest BCUT2D eigenvalue weighted by Gasteiger charge is 2.35. The van der Waals surface area contributed by atoms with Crippen LogP contribution in [0.2, 0.25) is 0 Å². The van der Waals surface area contributed by atoms with Crippen molar-refractivity contribution >= 4 is 17.5 Å². The summed E-state index contributed by atoms with van der Waals surface area (Å²) < 4.78 is 5.82. The number of carbonyl (C=O) groups excluding carboxylic acids is 2. The molecule has 5 rings (SSSR count). The Balaban J connectivity index is 1.26. The lowest BCUT2D eigenvalue weighted by atomic mass is 9.90. The van der Waals surface area contributed by atoms with Crippen LogP contribution >= 0.6 is 0 Å². The maximum absolute atomic E-state index is 13.3. The van der Waals surface area contributed by atoms with Gasteiger partial charge in [-0.15, -0.1) is 0 Å². The van der Waals surface area contributed by atoms with E-state index in [0.29, 0.717) is 11.5 Å². The molecule has 33 heavy (non-hydrogen) atoms.